The molecule has 6 nitrogen and oxygen atoms in total. The topological polar surface area (TPSA) is 63.1 Å². The molecule has 1 aromatic heterocycles. The van der Waals surface area contributed by atoms with Crippen molar-refractivity contribution in [3.8, 4) is 5.69 Å². The van der Waals surface area contributed by atoms with Gasteiger partial charge in [0.05, 0.1) is 12.4 Å². The minimum atomic E-state index is -0.552. The highest BCUT2D eigenvalue weighted by Gasteiger charge is 2.35. The summed E-state index contributed by atoms with van der Waals surface area (Å²) in [5.41, 5.74) is 1.58. The highest BCUT2D eigenvalue weighted by molar-refractivity contribution is 5.98. The van der Waals surface area contributed by atoms with E-state index in [1.165, 1.54) is 28.8 Å². The molecule has 1 saturated heterocycles. The van der Waals surface area contributed by atoms with Crippen LogP contribution in [0.5, 0.6) is 0 Å². The predicted octanol–water partition coefficient (Wildman–Crippen LogP) is 0.965. The average molecular weight is 299 g/mol. The minimum absolute atomic E-state index is 0.0206. The first-order valence-corrected chi connectivity index (χ1v) is 7.11. The lowest BCUT2D eigenvalue weighted by atomic mass is 10.1. The third-order valence-corrected chi connectivity index (χ3v) is 4.12. The molecular weight excluding hydrogens is 285 g/mol. The van der Waals surface area contributed by atoms with Gasteiger partial charge < -0.3 is 10.2 Å². The molecule has 7 heteroatoms. The Balaban J connectivity index is 1.72. The number of carbonyl (C=O) groups is 1. The maximum absolute atomic E-state index is 14.3. The van der Waals surface area contributed by atoms with Crippen LogP contribution in [0.4, 0.5) is 4.39 Å². The van der Waals surface area contributed by atoms with Crippen LogP contribution in [0.3, 0.4) is 0 Å². The zero-order valence-electron chi connectivity index (χ0n) is 11.7. The van der Waals surface area contributed by atoms with Crippen LogP contribution in [-0.4, -0.2) is 45.4 Å². The van der Waals surface area contributed by atoms with E-state index in [4.69, 9.17) is 0 Å². The zero-order valence-corrected chi connectivity index (χ0v) is 11.7. The van der Waals surface area contributed by atoms with Gasteiger partial charge in [0.1, 0.15) is 17.1 Å². The Labute approximate surface area is 126 Å². The molecule has 3 heterocycles. The van der Waals surface area contributed by atoms with E-state index in [0.717, 1.165) is 6.54 Å². The normalized spacial score (nSPS) is 19.8. The smallest absolute Gasteiger partial charge is 0.259 e. The molecule has 1 fully saturated rings. The van der Waals surface area contributed by atoms with Crippen molar-refractivity contribution in [1.82, 2.24) is 25.2 Å². The molecule has 0 saturated carbocycles. The van der Waals surface area contributed by atoms with Gasteiger partial charge in [-0.2, -0.15) is 15.0 Å². The first-order valence-electron chi connectivity index (χ1n) is 7.11. The number of aromatic nitrogens is 3. The van der Waals surface area contributed by atoms with Crippen LogP contribution in [0.25, 0.3) is 5.69 Å². The van der Waals surface area contributed by atoms with Crippen molar-refractivity contribution in [2.24, 2.45) is 5.92 Å². The number of nitrogens with one attached hydrogen (secondary N) is 1. The van der Waals surface area contributed by atoms with Crippen molar-refractivity contribution in [3.05, 3.63) is 53.7 Å². The van der Waals surface area contributed by atoms with Gasteiger partial charge in [-0.1, -0.05) is 6.07 Å². The SMILES string of the molecule is O=C(c1c(F)cccc1-n1nccn1)N1CC2=CNCC2C1. The van der Waals surface area contributed by atoms with Gasteiger partial charge in [0.25, 0.3) is 5.91 Å². The van der Waals surface area contributed by atoms with Crippen molar-refractivity contribution in [2.75, 3.05) is 19.6 Å². The highest BCUT2D eigenvalue weighted by Crippen LogP contribution is 2.28. The summed E-state index contributed by atoms with van der Waals surface area (Å²) >= 11 is 0. The number of amides is 1. The summed E-state index contributed by atoms with van der Waals surface area (Å²) < 4.78 is 14.3. The summed E-state index contributed by atoms with van der Waals surface area (Å²) in [5.74, 6) is -0.535. The highest BCUT2D eigenvalue weighted by atomic mass is 19.1. The summed E-state index contributed by atoms with van der Waals surface area (Å²) in [4.78, 5) is 15.7. The van der Waals surface area contributed by atoms with E-state index in [2.05, 4.69) is 15.5 Å². The maximum Gasteiger partial charge on any atom is 0.259 e. The molecule has 1 unspecified atom stereocenters. The molecule has 1 atom stereocenters. The van der Waals surface area contributed by atoms with Crippen molar-refractivity contribution in [3.63, 3.8) is 0 Å². The largest absolute Gasteiger partial charge is 0.390 e. The van der Waals surface area contributed by atoms with Crippen LogP contribution in [0.15, 0.2) is 42.4 Å². The summed E-state index contributed by atoms with van der Waals surface area (Å²) in [7, 11) is 0. The second-order valence-electron chi connectivity index (χ2n) is 5.46. The van der Waals surface area contributed by atoms with Crippen LogP contribution in [0.2, 0.25) is 0 Å². The first kappa shape index (κ1) is 13.0. The first-order chi connectivity index (χ1) is 10.7. The lowest BCUT2D eigenvalue weighted by molar-refractivity contribution is 0.0783. The summed E-state index contributed by atoms with van der Waals surface area (Å²) in [6.07, 6.45) is 4.95. The molecule has 1 aromatic carbocycles. The Bertz CT molecular complexity index is 755. The maximum atomic E-state index is 14.3. The second-order valence-corrected chi connectivity index (χ2v) is 5.46. The zero-order chi connectivity index (χ0) is 15.1. The Morgan fingerprint density at radius 2 is 2.14 bits per heavy atom. The van der Waals surface area contributed by atoms with Crippen LogP contribution < -0.4 is 5.32 Å². The molecule has 112 valence electrons. The summed E-state index contributed by atoms with van der Waals surface area (Å²) in [6.45, 7) is 1.98. The molecule has 0 bridgehead atoms. The molecule has 2 aromatic rings. The third-order valence-electron chi connectivity index (χ3n) is 4.12. The van der Waals surface area contributed by atoms with Gasteiger partial charge in [-0.3, -0.25) is 4.79 Å². The quantitative estimate of drug-likeness (QED) is 0.897. The Hall–Kier alpha value is -2.70. The van der Waals surface area contributed by atoms with Crippen molar-refractivity contribution >= 4 is 5.91 Å². The van der Waals surface area contributed by atoms with Gasteiger partial charge in [0.15, 0.2) is 0 Å². The number of hydrogen-bond acceptors (Lipinski definition) is 4. The number of fused-ring (bicyclic) bond motifs is 1. The van der Waals surface area contributed by atoms with Gasteiger partial charge >= 0.3 is 0 Å². The number of likely N-dealkylation sites (tertiary alicyclic amines) is 1. The molecule has 1 amide bonds. The molecule has 2 aliphatic rings. The number of carbonyl (C=O) groups excluding carboxylic acids is 1. The van der Waals surface area contributed by atoms with Crippen LogP contribution >= 0.6 is 0 Å². The Morgan fingerprint density at radius 1 is 1.32 bits per heavy atom. The van der Waals surface area contributed by atoms with E-state index < -0.39 is 5.82 Å². The lowest BCUT2D eigenvalue weighted by Crippen LogP contribution is -2.32. The fourth-order valence-electron chi connectivity index (χ4n) is 3.03. The van der Waals surface area contributed by atoms with Crippen molar-refractivity contribution < 1.29 is 9.18 Å². The fraction of sp³-hybridized carbons (Fsp3) is 0.267. The van der Waals surface area contributed by atoms with Gasteiger partial charge in [-0.15, -0.1) is 0 Å². The van der Waals surface area contributed by atoms with E-state index >= 15 is 0 Å². The van der Waals surface area contributed by atoms with E-state index in [1.54, 1.807) is 17.0 Å². The fourth-order valence-corrected chi connectivity index (χ4v) is 3.03. The van der Waals surface area contributed by atoms with Crippen LogP contribution in [-0.2, 0) is 0 Å². The average Bonchev–Trinajstić information content (AvgIpc) is 3.22. The molecule has 1 N–H and O–H groups in total. The molecule has 2 aliphatic heterocycles. The molecule has 0 spiro atoms. The number of halogens is 1. The molecule has 0 aliphatic carbocycles. The molecule has 22 heavy (non-hydrogen) atoms. The third kappa shape index (κ3) is 1.97. The Morgan fingerprint density at radius 3 is 2.91 bits per heavy atom. The minimum Gasteiger partial charge on any atom is -0.390 e. The van der Waals surface area contributed by atoms with E-state index in [1.807, 2.05) is 6.20 Å². The van der Waals surface area contributed by atoms with Gasteiger partial charge in [0.2, 0.25) is 0 Å². The molecule has 4 rings (SSSR count). The summed E-state index contributed by atoms with van der Waals surface area (Å²) in [5, 5.41) is 11.2. The van der Waals surface area contributed by atoms with Crippen LogP contribution in [0, 0.1) is 11.7 Å². The molecular formula is C15H14FN5O. The second kappa shape index (κ2) is 4.94. The number of nitrogens with zero attached hydrogens (tertiary/aromatic N) is 4. The van der Waals surface area contributed by atoms with Gasteiger partial charge in [-0.05, 0) is 23.9 Å². The summed E-state index contributed by atoms with van der Waals surface area (Å²) in [6, 6.07) is 4.49. The molecule has 0 radical (unpaired) electrons. The van der Waals surface area contributed by atoms with Crippen molar-refractivity contribution in [2.45, 2.75) is 0 Å². The van der Waals surface area contributed by atoms with Crippen LogP contribution in [0.1, 0.15) is 10.4 Å². The van der Waals surface area contributed by atoms with Gasteiger partial charge in [-0.25, -0.2) is 4.39 Å². The lowest BCUT2D eigenvalue weighted by Gasteiger charge is -2.18. The standard InChI is InChI=1S/C15H14FN5O/c16-12-2-1-3-13(21-18-4-5-19-21)14(12)15(22)20-8-10-6-17-7-11(10)9-20/h1-6,11,17H,7-9H2. The van der Waals surface area contributed by atoms with E-state index in [9.17, 15) is 9.18 Å². The van der Waals surface area contributed by atoms with Crippen molar-refractivity contribution in [1.29, 1.82) is 0 Å². The van der Waals surface area contributed by atoms with E-state index in [-0.39, 0.29) is 11.5 Å². The van der Waals surface area contributed by atoms with E-state index in [0.29, 0.717) is 24.7 Å². The number of benzene rings is 1. The van der Waals surface area contributed by atoms with Gasteiger partial charge in [0, 0.05) is 25.6 Å². The monoisotopic (exact) mass is 299 g/mol. The number of rotatable bonds is 2. The Kier molecular flexibility index (Phi) is 2.92. The number of hydrogen-bond donors (Lipinski definition) is 1. The predicted molar refractivity (Wildman–Crippen MR) is 76.8 cm³/mol.